The van der Waals surface area contributed by atoms with Gasteiger partial charge in [-0.3, -0.25) is 0 Å². The molecule has 2 aromatic rings. The highest BCUT2D eigenvalue weighted by Crippen LogP contribution is 2.63. The zero-order chi connectivity index (χ0) is 10.1. The van der Waals surface area contributed by atoms with Gasteiger partial charge < -0.3 is 0 Å². The molecule has 0 aromatic carbocycles. The van der Waals surface area contributed by atoms with Crippen LogP contribution in [-0.4, -0.2) is 12.3 Å². The van der Waals surface area contributed by atoms with Crippen molar-refractivity contribution in [2.75, 3.05) is 12.3 Å². The summed E-state index contributed by atoms with van der Waals surface area (Å²) in [5, 5.41) is 4.48. The fourth-order valence-electron chi connectivity index (χ4n) is 2.45. The molecule has 0 amide bonds. The fraction of sp³-hybridized carbons (Fsp3) is 0.333. The second-order valence-electron chi connectivity index (χ2n) is 4.02. The standard InChI is InChI=1S/C12H14PS2/c1-2-8-13(7-1,11-5-3-9-14-11)12-6-4-10-15-12/h3-6,9-10H,1-2,7-8H2/q+1. The average molecular weight is 253 g/mol. The quantitative estimate of drug-likeness (QED) is 0.718. The zero-order valence-electron chi connectivity index (χ0n) is 8.56. The van der Waals surface area contributed by atoms with Crippen LogP contribution < -0.4 is 9.24 Å². The molecule has 1 aliphatic heterocycles. The van der Waals surface area contributed by atoms with Gasteiger partial charge in [0.25, 0.3) is 0 Å². The van der Waals surface area contributed by atoms with Gasteiger partial charge in [0.05, 0.1) is 12.3 Å². The average Bonchev–Trinajstić information content (AvgIpc) is 3.02. The van der Waals surface area contributed by atoms with Gasteiger partial charge in [-0.25, -0.2) is 0 Å². The third-order valence-electron chi connectivity index (χ3n) is 3.19. The molecule has 0 bridgehead atoms. The van der Waals surface area contributed by atoms with Gasteiger partial charge >= 0.3 is 0 Å². The first-order valence-corrected chi connectivity index (χ1v) is 9.29. The first-order chi connectivity index (χ1) is 7.42. The minimum Gasteiger partial charge on any atom is -0.107 e. The normalized spacial score (nSPS) is 19.5. The first kappa shape index (κ1) is 10.0. The van der Waals surface area contributed by atoms with Crippen LogP contribution in [0.5, 0.6) is 0 Å². The van der Waals surface area contributed by atoms with Crippen LogP contribution in [0.3, 0.4) is 0 Å². The molecule has 0 spiro atoms. The van der Waals surface area contributed by atoms with Crippen molar-refractivity contribution in [1.82, 2.24) is 0 Å². The summed E-state index contributed by atoms with van der Waals surface area (Å²) >= 11 is 3.95. The number of thiophene rings is 2. The second kappa shape index (κ2) is 4.01. The number of hydrogen-bond acceptors (Lipinski definition) is 2. The molecule has 78 valence electrons. The summed E-state index contributed by atoms with van der Waals surface area (Å²) in [6.45, 7) is 0. The summed E-state index contributed by atoms with van der Waals surface area (Å²) in [4.78, 5) is 0. The van der Waals surface area contributed by atoms with Crippen LogP contribution in [0.4, 0.5) is 0 Å². The van der Waals surface area contributed by atoms with Gasteiger partial charge in [-0.1, -0.05) is 0 Å². The van der Waals surface area contributed by atoms with Gasteiger partial charge in [0.1, 0.15) is 7.26 Å². The van der Waals surface area contributed by atoms with E-state index in [9.17, 15) is 0 Å². The summed E-state index contributed by atoms with van der Waals surface area (Å²) in [6, 6.07) is 9.16. The molecule has 0 atom stereocenters. The lowest BCUT2D eigenvalue weighted by molar-refractivity contribution is 0.949. The topological polar surface area (TPSA) is 0 Å². The molecule has 0 unspecified atom stereocenters. The smallest absolute Gasteiger partial charge is 0.107 e. The maximum absolute atomic E-state index is 2.36. The molecular formula is C12H14PS2+. The Hall–Kier alpha value is -0.170. The van der Waals surface area contributed by atoms with E-state index in [1.54, 1.807) is 9.24 Å². The molecule has 1 aliphatic rings. The Morgan fingerprint density at radius 3 is 1.80 bits per heavy atom. The highest BCUT2D eigenvalue weighted by molar-refractivity contribution is 7.96. The maximum atomic E-state index is 2.36. The van der Waals surface area contributed by atoms with Crippen molar-refractivity contribution in [1.29, 1.82) is 0 Å². The molecule has 0 N–H and O–H groups in total. The molecule has 0 radical (unpaired) electrons. The zero-order valence-corrected chi connectivity index (χ0v) is 11.1. The molecule has 3 heteroatoms. The fourth-order valence-corrected chi connectivity index (χ4v) is 10.8. The Bertz CT molecular complexity index is 374. The monoisotopic (exact) mass is 253 g/mol. The third kappa shape index (κ3) is 1.60. The van der Waals surface area contributed by atoms with Gasteiger partial charge in [-0.2, -0.15) is 0 Å². The van der Waals surface area contributed by atoms with E-state index in [-0.39, 0.29) is 0 Å². The van der Waals surface area contributed by atoms with Gasteiger partial charge in [-0.15, -0.1) is 22.7 Å². The SMILES string of the molecule is c1csc([P+]2(c3cccs3)CCCC2)c1. The number of hydrogen-bond donors (Lipinski definition) is 0. The highest BCUT2D eigenvalue weighted by atomic mass is 32.1. The lowest BCUT2D eigenvalue weighted by atomic mass is 10.4. The Balaban J connectivity index is 2.10. The molecule has 0 saturated carbocycles. The van der Waals surface area contributed by atoms with Crippen LogP contribution in [-0.2, 0) is 0 Å². The summed E-state index contributed by atoms with van der Waals surface area (Å²) in [7, 11) is -0.919. The highest BCUT2D eigenvalue weighted by Gasteiger charge is 2.47. The summed E-state index contributed by atoms with van der Waals surface area (Å²) in [5.74, 6) is 0. The minimum atomic E-state index is -0.919. The van der Waals surface area contributed by atoms with Crippen LogP contribution in [0.25, 0.3) is 0 Å². The molecule has 15 heavy (non-hydrogen) atoms. The van der Waals surface area contributed by atoms with Crippen molar-refractivity contribution in [3.63, 3.8) is 0 Å². The van der Waals surface area contributed by atoms with E-state index in [1.807, 2.05) is 22.7 Å². The van der Waals surface area contributed by atoms with Crippen molar-refractivity contribution < 1.29 is 0 Å². The molecule has 0 aliphatic carbocycles. The van der Waals surface area contributed by atoms with Crippen LogP contribution in [0.2, 0.25) is 0 Å². The lowest BCUT2D eigenvalue weighted by Crippen LogP contribution is -2.19. The summed E-state index contributed by atoms with van der Waals surface area (Å²) in [6.07, 6.45) is 5.77. The molecule has 1 fully saturated rings. The predicted molar refractivity (Wildman–Crippen MR) is 73.8 cm³/mol. The van der Waals surface area contributed by atoms with Crippen molar-refractivity contribution in [3.05, 3.63) is 35.0 Å². The summed E-state index contributed by atoms with van der Waals surface area (Å²) in [5.41, 5.74) is 0. The molecule has 0 nitrogen and oxygen atoms in total. The van der Waals surface area contributed by atoms with Gasteiger partial charge in [0, 0.05) is 0 Å². The van der Waals surface area contributed by atoms with Crippen LogP contribution in [0.15, 0.2) is 35.0 Å². The Labute approximate surface area is 99.3 Å². The predicted octanol–water partition coefficient (Wildman–Crippen LogP) is 3.57. The van der Waals surface area contributed by atoms with E-state index in [1.165, 1.54) is 25.2 Å². The summed E-state index contributed by atoms with van der Waals surface area (Å²) < 4.78 is 3.37. The van der Waals surface area contributed by atoms with E-state index in [2.05, 4.69) is 35.0 Å². The molecule has 3 heterocycles. The van der Waals surface area contributed by atoms with E-state index in [0.717, 1.165) is 0 Å². The molecular weight excluding hydrogens is 239 g/mol. The third-order valence-corrected chi connectivity index (χ3v) is 11.4. The lowest BCUT2D eigenvalue weighted by Gasteiger charge is -2.17. The van der Waals surface area contributed by atoms with Crippen molar-refractivity contribution >= 4 is 39.2 Å². The Morgan fingerprint density at radius 1 is 0.867 bits per heavy atom. The van der Waals surface area contributed by atoms with Gasteiger partial charge in [-0.05, 0) is 47.9 Å². The van der Waals surface area contributed by atoms with E-state index < -0.39 is 7.26 Å². The van der Waals surface area contributed by atoms with Crippen molar-refractivity contribution in [2.24, 2.45) is 0 Å². The van der Waals surface area contributed by atoms with Crippen molar-refractivity contribution in [2.45, 2.75) is 12.8 Å². The van der Waals surface area contributed by atoms with Crippen LogP contribution in [0.1, 0.15) is 12.8 Å². The van der Waals surface area contributed by atoms with E-state index in [4.69, 9.17) is 0 Å². The first-order valence-electron chi connectivity index (χ1n) is 5.37. The van der Waals surface area contributed by atoms with Gasteiger partial charge in [0.15, 0.2) is 9.24 Å². The molecule has 2 aromatic heterocycles. The minimum absolute atomic E-state index is 0.919. The van der Waals surface area contributed by atoms with E-state index in [0.29, 0.717) is 0 Å². The number of rotatable bonds is 2. The maximum Gasteiger partial charge on any atom is 0.152 e. The second-order valence-corrected chi connectivity index (χ2v) is 10.3. The largest absolute Gasteiger partial charge is 0.152 e. The van der Waals surface area contributed by atoms with Crippen molar-refractivity contribution in [3.8, 4) is 0 Å². The van der Waals surface area contributed by atoms with E-state index >= 15 is 0 Å². The van der Waals surface area contributed by atoms with Gasteiger partial charge in [0.2, 0.25) is 0 Å². The Kier molecular flexibility index (Phi) is 2.68. The van der Waals surface area contributed by atoms with Crippen LogP contribution >= 0.6 is 29.9 Å². The molecule has 1 saturated heterocycles. The van der Waals surface area contributed by atoms with Crippen LogP contribution in [0, 0.1) is 0 Å². The Morgan fingerprint density at radius 2 is 1.40 bits per heavy atom. The molecule has 3 rings (SSSR count).